The molecule has 0 aliphatic carbocycles. The van der Waals surface area contributed by atoms with E-state index < -0.39 is 0 Å². The lowest BCUT2D eigenvalue weighted by Gasteiger charge is -2.02. The number of aryl methyl sites for hydroxylation is 2. The Morgan fingerprint density at radius 1 is 1.00 bits per heavy atom. The first-order chi connectivity index (χ1) is 9.17. The van der Waals surface area contributed by atoms with Gasteiger partial charge in [0.25, 0.3) is 0 Å². The summed E-state index contributed by atoms with van der Waals surface area (Å²) >= 11 is 0. The van der Waals surface area contributed by atoms with E-state index in [0.717, 1.165) is 28.2 Å². The molecule has 3 heteroatoms. The SMILES string of the molecule is COc1ccc2nc(-c3ccc(C)c(C)c3)[nH]c2c1. The first-order valence-electron chi connectivity index (χ1n) is 6.29. The van der Waals surface area contributed by atoms with Crippen molar-refractivity contribution in [2.24, 2.45) is 0 Å². The second kappa shape index (κ2) is 4.43. The summed E-state index contributed by atoms with van der Waals surface area (Å²) in [6.45, 7) is 4.23. The van der Waals surface area contributed by atoms with E-state index in [1.54, 1.807) is 7.11 Å². The number of ether oxygens (including phenoxy) is 1. The minimum absolute atomic E-state index is 0.836. The number of methoxy groups -OCH3 is 1. The zero-order valence-electron chi connectivity index (χ0n) is 11.3. The Hall–Kier alpha value is -2.29. The van der Waals surface area contributed by atoms with E-state index in [2.05, 4.69) is 42.0 Å². The van der Waals surface area contributed by atoms with E-state index in [-0.39, 0.29) is 0 Å². The zero-order chi connectivity index (χ0) is 13.4. The molecule has 3 rings (SSSR count). The smallest absolute Gasteiger partial charge is 0.138 e. The third-order valence-corrected chi connectivity index (χ3v) is 3.47. The first kappa shape index (κ1) is 11.8. The second-order valence-electron chi connectivity index (χ2n) is 4.77. The number of nitrogens with one attached hydrogen (secondary N) is 1. The molecule has 19 heavy (non-hydrogen) atoms. The van der Waals surface area contributed by atoms with Gasteiger partial charge in [-0.2, -0.15) is 0 Å². The van der Waals surface area contributed by atoms with Crippen LogP contribution in [0.3, 0.4) is 0 Å². The summed E-state index contributed by atoms with van der Waals surface area (Å²) in [5.74, 6) is 1.73. The third kappa shape index (κ3) is 2.08. The van der Waals surface area contributed by atoms with Crippen LogP contribution in [0.1, 0.15) is 11.1 Å². The Balaban J connectivity index is 2.11. The fourth-order valence-corrected chi connectivity index (χ4v) is 2.14. The maximum Gasteiger partial charge on any atom is 0.138 e. The maximum atomic E-state index is 5.22. The molecule has 96 valence electrons. The van der Waals surface area contributed by atoms with Gasteiger partial charge in [0.2, 0.25) is 0 Å². The molecular formula is C16H16N2O. The number of fused-ring (bicyclic) bond motifs is 1. The van der Waals surface area contributed by atoms with Gasteiger partial charge >= 0.3 is 0 Å². The quantitative estimate of drug-likeness (QED) is 0.752. The van der Waals surface area contributed by atoms with Gasteiger partial charge in [0.05, 0.1) is 18.1 Å². The molecule has 0 saturated carbocycles. The highest BCUT2D eigenvalue weighted by Gasteiger charge is 2.07. The molecular weight excluding hydrogens is 236 g/mol. The molecule has 3 nitrogen and oxygen atoms in total. The van der Waals surface area contributed by atoms with Gasteiger partial charge in [-0.25, -0.2) is 4.98 Å². The number of aromatic amines is 1. The highest BCUT2D eigenvalue weighted by Crippen LogP contribution is 2.24. The Labute approximate surface area is 112 Å². The molecule has 0 saturated heterocycles. The minimum Gasteiger partial charge on any atom is -0.497 e. The van der Waals surface area contributed by atoms with Crippen molar-refractivity contribution < 1.29 is 4.74 Å². The second-order valence-corrected chi connectivity index (χ2v) is 4.77. The van der Waals surface area contributed by atoms with E-state index >= 15 is 0 Å². The fraction of sp³-hybridized carbons (Fsp3) is 0.188. The lowest BCUT2D eigenvalue weighted by Crippen LogP contribution is -1.84. The van der Waals surface area contributed by atoms with Crippen molar-refractivity contribution in [1.82, 2.24) is 9.97 Å². The molecule has 0 amide bonds. The van der Waals surface area contributed by atoms with Crippen molar-refractivity contribution in [1.29, 1.82) is 0 Å². The van der Waals surface area contributed by atoms with Gasteiger partial charge in [0, 0.05) is 11.6 Å². The van der Waals surface area contributed by atoms with Crippen LogP contribution in [0.5, 0.6) is 5.75 Å². The van der Waals surface area contributed by atoms with Crippen LogP contribution in [0.25, 0.3) is 22.4 Å². The van der Waals surface area contributed by atoms with Crippen molar-refractivity contribution >= 4 is 11.0 Å². The topological polar surface area (TPSA) is 37.9 Å². The van der Waals surface area contributed by atoms with Gasteiger partial charge < -0.3 is 9.72 Å². The molecule has 0 atom stereocenters. The molecule has 0 radical (unpaired) electrons. The van der Waals surface area contributed by atoms with E-state index in [1.165, 1.54) is 11.1 Å². The summed E-state index contributed by atoms with van der Waals surface area (Å²) in [7, 11) is 1.67. The Morgan fingerprint density at radius 3 is 2.58 bits per heavy atom. The lowest BCUT2D eigenvalue weighted by atomic mass is 10.1. The van der Waals surface area contributed by atoms with Crippen LogP contribution in [0, 0.1) is 13.8 Å². The van der Waals surface area contributed by atoms with Gasteiger partial charge in [-0.05, 0) is 43.2 Å². The predicted molar refractivity (Wildman–Crippen MR) is 77.6 cm³/mol. The largest absolute Gasteiger partial charge is 0.497 e. The van der Waals surface area contributed by atoms with Crippen LogP contribution >= 0.6 is 0 Å². The van der Waals surface area contributed by atoms with Gasteiger partial charge in [-0.15, -0.1) is 0 Å². The van der Waals surface area contributed by atoms with Gasteiger partial charge in [-0.1, -0.05) is 12.1 Å². The average molecular weight is 252 g/mol. The molecule has 1 heterocycles. The Morgan fingerprint density at radius 2 is 1.84 bits per heavy atom. The maximum absolute atomic E-state index is 5.22. The van der Waals surface area contributed by atoms with Gasteiger partial charge in [-0.3, -0.25) is 0 Å². The van der Waals surface area contributed by atoms with Crippen molar-refractivity contribution in [2.45, 2.75) is 13.8 Å². The number of H-pyrrole nitrogens is 1. The molecule has 0 aliphatic heterocycles. The fourth-order valence-electron chi connectivity index (χ4n) is 2.14. The molecule has 2 aromatic carbocycles. The minimum atomic E-state index is 0.836. The van der Waals surface area contributed by atoms with E-state index in [9.17, 15) is 0 Å². The van der Waals surface area contributed by atoms with Crippen LogP contribution in [0.15, 0.2) is 36.4 Å². The van der Waals surface area contributed by atoms with Crippen LogP contribution in [0.4, 0.5) is 0 Å². The van der Waals surface area contributed by atoms with Crippen LogP contribution in [-0.2, 0) is 0 Å². The first-order valence-corrected chi connectivity index (χ1v) is 6.29. The molecule has 1 aromatic heterocycles. The summed E-state index contributed by atoms with van der Waals surface area (Å²) in [5, 5.41) is 0. The van der Waals surface area contributed by atoms with E-state index in [4.69, 9.17) is 4.74 Å². The lowest BCUT2D eigenvalue weighted by molar-refractivity contribution is 0.415. The molecule has 0 unspecified atom stereocenters. The summed E-state index contributed by atoms with van der Waals surface area (Å²) in [5.41, 5.74) is 5.62. The number of imidazole rings is 1. The van der Waals surface area contributed by atoms with Crippen molar-refractivity contribution in [3.05, 3.63) is 47.5 Å². The summed E-state index contributed by atoms with van der Waals surface area (Å²) in [6.07, 6.45) is 0. The van der Waals surface area contributed by atoms with Crippen LogP contribution in [-0.4, -0.2) is 17.1 Å². The van der Waals surface area contributed by atoms with Gasteiger partial charge in [0.15, 0.2) is 0 Å². The van der Waals surface area contributed by atoms with Crippen molar-refractivity contribution in [3.8, 4) is 17.1 Å². The average Bonchev–Trinajstić information content (AvgIpc) is 2.84. The predicted octanol–water partition coefficient (Wildman–Crippen LogP) is 3.86. The highest BCUT2D eigenvalue weighted by atomic mass is 16.5. The van der Waals surface area contributed by atoms with Crippen molar-refractivity contribution in [3.63, 3.8) is 0 Å². The molecule has 0 aliphatic rings. The van der Waals surface area contributed by atoms with Crippen molar-refractivity contribution in [2.75, 3.05) is 7.11 Å². The molecule has 0 bridgehead atoms. The Kier molecular flexibility index (Phi) is 2.75. The van der Waals surface area contributed by atoms with E-state index in [1.807, 2.05) is 18.2 Å². The van der Waals surface area contributed by atoms with E-state index in [0.29, 0.717) is 0 Å². The number of hydrogen-bond acceptors (Lipinski definition) is 2. The standard InChI is InChI=1S/C16H16N2O/c1-10-4-5-12(8-11(10)2)16-17-14-7-6-13(19-3)9-15(14)18-16/h4-9H,1-3H3,(H,17,18). The summed E-state index contributed by atoms with van der Waals surface area (Å²) < 4.78 is 5.22. The number of nitrogens with zero attached hydrogens (tertiary/aromatic N) is 1. The Bertz CT molecular complexity index is 744. The highest BCUT2D eigenvalue weighted by molar-refractivity contribution is 5.80. The van der Waals surface area contributed by atoms with Crippen LogP contribution < -0.4 is 4.74 Å². The number of benzene rings is 2. The third-order valence-electron chi connectivity index (χ3n) is 3.47. The summed E-state index contributed by atoms with van der Waals surface area (Å²) in [4.78, 5) is 7.96. The molecule has 0 fully saturated rings. The number of hydrogen-bond donors (Lipinski definition) is 1. The molecule has 1 N–H and O–H groups in total. The summed E-state index contributed by atoms with van der Waals surface area (Å²) in [6, 6.07) is 12.2. The molecule has 3 aromatic rings. The zero-order valence-corrected chi connectivity index (χ0v) is 11.3. The number of aromatic nitrogens is 2. The van der Waals surface area contributed by atoms with Gasteiger partial charge in [0.1, 0.15) is 11.6 Å². The number of rotatable bonds is 2. The monoisotopic (exact) mass is 252 g/mol. The normalized spacial score (nSPS) is 10.9. The molecule has 0 spiro atoms. The van der Waals surface area contributed by atoms with Crippen LogP contribution in [0.2, 0.25) is 0 Å².